The first-order valence-electron chi connectivity index (χ1n) is 7.63. The Kier molecular flexibility index (Phi) is 5.91. The van der Waals surface area contributed by atoms with Crippen molar-refractivity contribution in [1.82, 2.24) is 19.3 Å². The van der Waals surface area contributed by atoms with Gasteiger partial charge in [0.05, 0.1) is 41.2 Å². The fraction of sp³-hybridized carbons (Fsp3) is 0.235. The van der Waals surface area contributed by atoms with Crippen molar-refractivity contribution in [3.63, 3.8) is 0 Å². The molecular formula is C17H18ClFN6. The number of fused-ring (bicyclic) bond motifs is 1. The second-order valence-electron chi connectivity index (χ2n) is 5.29. The number of allylic oxidation sites excluding steroid dienone is 1. The van der Waals surface area contributed by atoms with Crippen LogP contribution in [0.3, 0.4) is 0 Å². The lowest BCUT2D eigenvalue weighted by molar-refractivity contribution is 0.558. The van der Waals surface area contributed by atoms with E-state index in [0.717, 1.165) is 11.3 Å². The van der Waals surface area contributed by atoms with Gasteiger partial charge in [0, 0.05) is 24.8 Å². The fourth-order valence-corrected chi connectivity index (χ4v) is 2.72. The van der Waals surface area contributed by atoms with E-state index >= 15 is 0 Å². The molecule has 0 amide bonds. The number of benzene rings is 1. The Hall–Kier alpha value is -2.69. The van der Waals surface area contributed by atoms with Gasteiger partial charge in [0.2, 0.25) is 0 Å². The molecule has 2 heterocycles. The Morgan fingerprint density at radius 2 is 2.24 bits per heavy atom. The second-order valence-corrected chi connectivity index (χ2v) is 5.29. The molecular weight excluding hydrogens is 343 g/mol. The Morgan fingerprint density at radius 1 is 1.44 bits per heavy atom. The molecule has 2 aromatic heterocycles. The quantitative estimate of drug-likeness (QED) is 0.757. The van der Waals surface area contributed by atoms with E-state index in [1.54, 1.807) is 29.2 Å². The van der Waals surface area contributed by atoms with E-state index in [0.29, 0.717) is 23.1 Å². The van der Waals surface area contributed by atoms with Gasteiger partial charge in [0.15, 0.2) is 0 Å². The van der Waals surface area contributed by atoms with Crippen molar-refractivity contribution in [1.29, 1.82) is 5.26 Å². The number of nitrogens with two attached hydrogens (primary N) is 1. The molecule has 0 fully saturated rings. The van der Waals surface area contributed by atoms with Crippen molar-refractivity contribution in [2.24, 2.45) is 5.73 Å². The summed E-state index contributed by atoms with van der Waals surface area (Å²) < 4.78 is 17.3. The molecule has 130 valence electrons. The molecule has 0 aliphatic carbocycles. The molecule has 0 saturated carbocycles. The average Bonchev–Trinajstić information content (AvgIpc) is 3.21. The van der Waals surface area contributed by atoms with E-state index < -0.39 is 0 Å². The van der Waals surface area contributed by atoms with E-state index in [1.165, 1.54) is 6.08 Å². The fourth-order valence-electron chi connectivity index (χ4n) is 2.72. The minimum atomic E-state index is -0.334. The highest BCUT2D eigenvalue weighted by molar-refractivity contribution is 5.92. The van der Waals surface area contributed by atoms with Crippen molar-refractivity contribution >= 4 is 23.4 Å². The summed E-state index contributed by atoms with van der Waals surface area (Å²) >= 11 is 0. The first kappa shape index (κ1) is 18.6. The van der Waals surface area contributed by atoms with E-state index in [4.69, 9.17) is 5.73 Å². The molecule has 0 radical (unpaired) electrons. The van der Waals surface area contributed by atoms with Gasteiger partial charge in [-0.3, -0.25) is 4.68 Å². The molecule has 0 spiro atoms. The number of aromatic nitrogens is 4. The maximum atomic E-state index is 13.8. The van der Waals surface area contributed by atoms with Crippen LogP contribution in [0, 0.1) is 11.3 Å². The number of imidazole rings is 1. The smallest absolute Gasteiger partial charge is 0.117 e. The summed E-state index contributed by atoms with van der Waals surface area (Å²) in [7, 11) is 0. The summed E-state index contributed by atoms with van der Waals surface area (Å²) in [5.74, 6) is -0.334. The molecule has 0 unspecified atom stereocenters. The lowest BCUT2D eigenvalue weighted by Gasteiger charge is -2.08. The van der Waals surface area contributed by atoms with E-state index in [-0.39, 0.29) is 31.3 Å². The van der Waals surface area contributed by atoms with E-state index in [2.05, 4.69) is 16.2 Å². The van der Waals surface area contributed by atoms with Crippen LogP contribution in [0.1, 0.15) is 12.5 Å². The third-order valence-corrected chi connectivity index (χ3v) is 3.81. The first-order chi connectivity index (χ1) is 11.7. The van der Waals surface area contributed by atoms with Crippen LogP contribution < -0.4 is 5.73 Å². The summed E-state index contributed by atoms with van der Waals surface area (Å²) in [6, 6.07) is 7.54. The molecule has 3 rings (SSSR count). The Bertz CT molecular complexity index is 950. The number of hydrogen-bond acceptors (Lipinski definition) is 4. The van der Waals surface area contributed by atoms with Gasteiger partial charge in [0.1, 0.15) is 5.83 Å². The highest BCUT2D eigenvalue weighted by Crippen LogP contribution is 2.29. The molecule has 8 heteroatoms. The summed E-state index contributed by atoms with van der Waals surface area (Å²) in [4.78, 5) is 4.43. The Balaban J connectivity index is 0.00000225. The summed E-state index contributed by atoms with van der Waals surface area (Å²) in [6.07, 6.45) is 4.61. The van der Waals surface area contributed by atoms with Crippen LogP contribution in [-0.4, -0.2) is 25.9 Å². The summed E-state index contributed by atoms with van der Waals surface area (Å²) in [6.45, 7) is 2.88. The summed E-state index contributed by atoms with van der Waals surface area (Å²) in [5, 5.41) is 13.6. The SMILES string of the molecule is CCn1nccc1-c1cc(C#N)cc2c1ncn2C/C(F)=C/CN.Cl. The van der Waals surface area contributed by atoms with Crippen molar-refractivity contribution in [3.05, 3.63) is 48.2 Å². The van der Waals surface area contributed by atoms with Gasteiger partial charge in [-0.25, -0.2) is 9.37 Å². The van der Waals surface area contributed by atoms with Crippen LogP contribution in [-0.2, 0) is 13.1 Å². The Morgan fingerprint density at radius 3 is 2.92 bits per heavy atom. The predicted octanol–water partition coefficient (Wildman–Crippen LogP) is 3.03. The lowest BCUT2D eigenvalue weighted by Crippen LogP contribution is -2.01. The zero-order valence-corrected chi connectivity index (χ0v) is 14.5. The van der Waals surface area contributed by atoms with Crippen LogP contribution in [0.25, 0.3) is 22.3 Å². The zero-order valence-electron chi connectivity index (χ0n) is 13.7. The molecule has 6 nitrogen and oxygen atoms in total. The number of halogens is 2. The first-order valence-corrected chi connectivity index (χ1v) is 7.63. The van der Waals surface area contributed by atoms with Crippen LogP contribution in [0.15, 0.2) is 42.6 Å². The molecule has 25 heavy (non-hydrogen) atoms. The van der Waals surface area contributed by atoms with Crippen molar-refractivity contribution in [3.8, 4) is 17.3 Å². The normalized spacial score (nSPS) is 11.4. The van der Waals surface area contributed by atoms with Crippen LogP contribution in [0.2, 0.25) is 0 Å². The molecule has 0 bridgehead atoms. The van der Waals surface area contributed by atoms with E-state index in [9.17, 15) is 9.65 Å². The third kappa shape index (κ3) is 3.55. The molecule has 0 aliphatic heterocycles. The largest absolute Gasteiger partial charge is 0.327 e. The van der Waals surface area contributed by atoms with Gasteiger partial charge in [-0.05, 0) is 31.2 Å². The van der Waals surface area contributed by atoms with Crippen LogP contribution in [0.5, 0.6) is 0 Å². The van der Waals surface area contributed by atoms with Gasteiger partial charge in [-0.15, -0.1) is 12.4 Å². The van der Waals surface area contributed by atoms with Crippen molar-refractivity contribution in [2.45, 2.75) is 20.0 Å². The molecule has 0 aliphatic rings. The highest BCUT2D eigenvalue weighted by Gasteiger charge is 2.15. The van der Waals surface area contributed by atoms with Gasteiger partial charge < -0.3 is 10.3 Å². The monoisotopic (exact) mass is 360 g/mol. The molecule has 2 N–H and O–H groups in total. The Labute approximate surface area is 150 Å². The number of aryl methyl sites for hydroxylation is 1. The predicted molar refractivity (Wildman–Crippen MR) is 96.8 cm³/mol. The van der Waals surface area contributed by atoms with Gasteiger partial charge in [0.25, 0.3) is 0 Å². The van der Waals surface area contributed by atoms with Crippen LogP contribution in [0.4, 0.5) is 4.39 Å². The molecule has 3 aromatic rings. The van der Waals surface area contributed by atoms with Gasteiger partial charge in [-0.2, -0.15) is 10.4 Å². The standard InChI is InChI=1S/C17H17FN6.ClH/c1-2-24-15(4-6-22-24)14-7-12(9-20)8-16-17(14)21-11-23(16)10-13(18)3-5-19;/h3-4,6-8,11H,2,5,10,19H2,1H3;1H/b13-3-;. The van der Waals surface area contributed by atoms with E-state index in [1.807, 2.05) is 17.7 Å². The maximum Gasteiger partial charge on any atom is 0.117 e. The summed E-state index contributed by atoms with van der Waals surface area (Å²) in [5.41, 5.74) is 8.94. The minimum absolute atomic E-state index is 0. The number of nitriles is 1. The number of rotatable bonds is 5. The third-order valence-electron chi connectivity index (χ3n) is 3.81. The molecule has 0 atom stereocenters. The molecule has 1 aromatic carbocycles. The number of nitrogens with zero attached hydrogens (tertiary/aromatic N) is 5. The lowest BCUT2D eigenvalue weighted by atomic mass is 10.1. The van der Waals surface area contributed by atoms with Gasteiger partial charge >= 0.3 is 0 Å². The van der Waals surface area contributed by atoms with Crippen molar-refractivity contribution in [2.75, 3.05) is 6.54 Å². The van der Waals surface area contributed by atoms with Crippen LogP contribution >= 0.6 is 12.4 Å². The molecule has 0 saturated heterocycles. The number of hydrogen-bond donors (Lipinski definition) is 1. The van der Waals surface area contributed by atoms with Gasteiger partial charge in [-0.1, -0.05) is 0 Å². The zero-order chi connectivity index (χ0) is 17.1. The highest BCUT2D eigenvalue weighted by atomic mass is 35.5. The minimum Gasteiger partial charge on any atom is -0.327 e. The maximum absolute atomic E-state index is 13.8. The average molecular weight is 361 g/mol. The van der Waals surface area contributed by atoms with Crippen molar-refractivity contribution < 1.29 is 4.39 Å². The second kappa shape index (κ2) is 7.92. The topological polar surface area (TPSA) is 85.5 Å².